The molecule has 0 unspecified atom stereocenters. The Kier molecular flexibility index (Phi) is 4.32. The van der Waals surface area contributed by atoms with Crippen LogP contribution in [-0.4, -0.2) is 46.5 Å². The van der Waals surface area contributed by atoms with E-state index in [0.717, 1.165) is 0 Å². The summed E-state index contributed by atoms with van der Waals surface area (Å²) < 4.78 is 5.21. The molecule has 102 valence electrons. The molecule has 0 aliphatic carbocycles. The second kappa shape index (κ2) is 5.37. The first kappa shape index (κ1) is 14.5. The van der Waals surface area contributed by atoms with Gasteiger partial charge in [0.25, 0.3) is 0 Å². The third kappa shape index (κ3) is 4.01. The summed E-state index contributed by atoms with van der Waals surface area (Å²) in [5, 5.41) is 8.61. The maximum absolute atomic E-state index is 11.7. The molecule has 6 nitrogen and oxygen atoms in total. The van der Waals surface area contributed by atoms with Gasteiger partial charge >= 0.3 is 12.1 Å². The first-order valence-corrected chi connectivity index (χ1v) is 5.96. The summed E-state index contributed by atoms with van der Waals surface area (Å²) in [6, 6.07) is 0. The zero-order valence-corrected chi connectivity index (χ0v) is 10.9. The smallest absolute Gasteiger partial charge is 0.410 e. The van der Waals surface area contributed by atoms with E-state index >= 15 is 0 Å². The van der Waals surface area contributed by atoms with Gasteiger partial charge in [-0.1, -0.05) is 0 Å². The average molecular weight is 257 g/mol. The van der Waals surface area contributed by atoms with Gasteiger partial charge in [-0.25, -0.2) is 9.59 Å². The predicted octanol–water partition coefficient (Wildman–Crippen LogP) is 1.29. The molecule has 1 fully saturated rings. The van der Waals surface area contributed by atoms with Crippen molar-refractivity contribution in [2.75, 3.05) is 13.1 Å². The van der Waals surface area contributed by atoms with E-state index in [-0.39, 0.29) is 0 Å². The number of carbonyl (C=O) groups is 3. The topological polar surface area (TPSA) is 83.9 Å². The molecular weight excluding hydrogens is 238 g/mol. The number of nitrogens with zero attached hydrogens (tertiary/aromatic N) is 1. The fraction of sp³-hybridized carbons (Fsp3) is 0.750. The quantitative estimate of drug-likeness (QED) is 0.753. The number of carboxylic acid groups (broad SMARTS) is 1. The van der Waals surface area contributed by atoms with E-state index in [1.54, 1.807) is 20.8 Å². The molecule has 0 saturated carbocycles. The van der Waals surface area contributed by atoms with Crippen LogP contribution in [0.5, 0.6) is 0 Å². The molecule has 1 heterocycles. The Hall–Kier alpha value is -1.59. The Labute approximate surface area is 106 Å². The molecule has 6 heteroatoms. The van der Waals surface area contributed by atoms with Crippen molar-refractivity contribution in [3.05, 3.63) is 0 Å². The number of hydrogen-bond donors (Lipinski definition) is 1. The van der Waals surface area contributed by atoms with E-state index in [4.69, 9.17) is 9.84 Å². The van der Waals surface area contributed by atoms with Crippen LogP contribution in [0.15, 0.2) is 0 Å². The minimum atomic E-state index is -1.40. The van der Waals surface area contributed by atoms with Crippen molar-refractivity contribution in [3.8, 4) is 0 Å². The second-order valence-electron chi connectivity index (χ2n) is 5.41. The van der Waals surface area contributed by atoms with Crippen molar-refractivity contribution < 1.29 is 24.2 Å². The Morgan fingerprint density at radius 2 is 1.67 bits per heavy atom. The number of ether oxygens (including phenoxy) is 1. The zero-order valence-electron chi connectivity index (χ0n) is 10.9. The summed E-state index contributed by atoms with van der Waals surface area (Å²) in [7, 11) is 0. The highest BCUT2D eigenvalue weighted by molar-refractivity contribution is 6.33. The molecule has 1 aliphatic heterocycles. The van der Waals surface area contributed by atoms with Crippen molar-refractivity contribution >= 4 is 17.8 Å². The number of amides is 1. The summed E-state index contributed by atoms with van der Waals surface area (Å²) in [4.78, 5) is 35.1. The summed E-state index contributed by atoms with van der Waals surface area (Å²) in [6.07, 6.45) is 0.345. The lowest BCUT2D eigenvalue weighted by molar-refractivity contribution is -0.151. The molecule has 1 N–H and O–H groups in total. The fourth-order valence-corrected chi connectivity index (χ4v) is 1.83. The molecule has 0 atom stereocenters. The molecule has 0 aromatic rings. The lowest BCUT2D eigenvalue weighted by Gasteiger charge is -2.32. The number of carboxylic acids is 1. The first-order valence-electron chi connectivity index (χ1n) is 5.96. The Bertz CT molecular complexity index is 350. The molecule has 0 aromatic carbocycles. The van der Waals surface area contributed by atoms with Crippen molar-refractivity contribution in [1.82, 2.24) is 4.90 Å². The van der Waals surface area contributed by atoms with Gasteiger partial charge in [0.05, 0.1) is 0 Å². The Morgan fingerprint density at radius 3 is 2.06 bits per heavy atom. The van der Waals surface area contributed by atoms with Gasteiger partial charge in [-0.2, -0.15) is 0 Å². The normalized spacial score (nSPS) is 17.4. The van der Waals surface area contributed by atoms with Crippen LogP contribution in [0.4, 0.5) is 4.79 Å². The molecule has 1 amide bonds. The van der Waals surface area contributed by atoms with Crippen LogP contribution in [0.25, 0.3) is 0 Å². The number of likely N-dealkylation sites (tertiary alicyclic amines) is 1. The predicted molar refractivity (Wildman–Crippen MR) is 63.2 cm³/mol. The number of hydrogen-bond acceptors (Lipinski definition) is 4. The van der Waals surface area contributed by atoms with E-state index in [1.807, 2.05) is 0 Å². The van der Waals surface area contributed by atoms with E-state index in [9.17, 15) is 14.4 Å². The lowest BCUT2D eigenvalue weighted by atomic mass is 9.93. The van der Waals surface area contributed by atoms with Gasteiger partial charge in [0.2, 0.25) is 5.78 Å². The maximum atomic E-state index is 11.7. The van der Waals surface area contributed by atoms with Gasteiger partial charge in [-0.3, -0.25) is 4.79 Å². The number of Topliss-reactive ketones (excluding diaryl/α,β-unsaturated/α-hetero) is 1. The van der Waals surface area contributed by atoms with Gasteiger partial charge < -0.3 is 14.7 Å². The molecule has 1 rings (SSSR count). The van der Waals surface area contributed by atoms with Crippen LogP contribution in [0.3, 0.4) is 0 Å². The van der Waals surface area contributed by atoms with Gasteiger partial charge in [0.1, 0.15) is 5.60 Å². The molecule has 0 radical (unpaired) electrons. The standard InChI is InChI=1S/C12H19NO5/c1-12(2,3)18-11(17)13-6-4-8(5-7-13)9(14)10(15)16/h8H,4-7H2,1-3H3,(H,15,16). The zero-order chi connectivity index (χ0) is 13.9. The first-order chi connectivity index (χ1) is 8.20. The Morgan fingerprint density at radius 1 is 1.17 bits per heavy atom. The van der Waals surface area contributed by atoms with E-state index in [2.05, 4.69) is 0 Å². The Balaban J connectivity index is 2.47. The summed E-state index contributed by atoms with van der Waals surface area (Å²) in [6.45, 7) is 6.07. The highest BCUT2D eigenvalue weighted by atomic mass is 16.6. The van der Waals surface area contributed by atoms with Crippen LogP contribution in [-0.2, 0) is 14.3 Å². The molecule has 0 spiro atoms. The van der Waals surface area contributed by atoms with Crippen LogP contribution < -0.4 is 0 Å². The third-order valence-electron chi connectivity index (χ3n) is 2.73. The van der Waals surface area contributed by atoms with E-state index in [0.29, 0.717) is 25.9 Å². The van der Waals surface area contributed by atoms with Crippen molar-refractivity contribution in [2.45, 2.75) is 39.2 Å². The van der Waals surface area contributed by atoms with Crippen molar-refractivity contribution in [1.29, 1.82) is 0 Å². The lowest BCUT2D eigenvalue weighted by Crippen LogP contribution is -2.43. The highest BCUT2D eigenvalue weighted by Gasteiger charge is 2.32. The second-order valence-corrected chi connectivity index (χ2v) is 5.41. The largest absolute Gasteiger partial charge is 0.475 e. The number of ketones is 1. The molecule has 0 aromatic heterocycles. The summed E-state index contributed by atoms with van der Waals surface area (Å²) in [5.74, 6) is -2.65. The average Bonchev–Trinajstić information content (AvgIpc) is 2.26. The van der Waals surface area contributed by atoms with E-state index in [1.165, 1.54) is 4.90 Å². The van der Waals surface area contributed by atoms with Crippen LogP contribution in [0.2, 0.25) is 0 Å². The minimum absolute atomic E-state index is 0.360. The van der Waals surface area contributed by atoms with Crippen LogP contribution in [0.1, 0.15) is 33.6 Å². The molecule has 1 aliphatic rings. The maximum Gasteiger partial charge on any atom is 0.410 e. The molecular formula is C12H19NO5. The van der Waals surface area contributed by atoms with Gasteiger partial charge in [-0.05, 0) is 33.6 Å². The van der Waals surface area contributed by atoms with Gasteiger partial charge in [0.15, 0.2) is 0 Å². The molecule has 1 saturated heterocycles. The minimum Gasteiger partial charge on any atom is -0.475 e. The fourth-order valence-electron chi connectivity index (χ4n) is 1.83. The van der Waals surface area contributed by atoms with Gasteiger partial charge in [0, 0.05) is 19.0 Å². The van der Waals surface area contributed by atoms with Crippen molar-refractivity contribution in [3.63, 3.8) is 0 Å². The monoisotopic (exact) mass is 257 g/mol. The number of aliphatic carboxylic acids is 1. The number of piperidine rings is 1. The van der Waals surface area contributed by atoms with Crippen LogP contribution in [0, 0.1) is 5.92 Å². The van der Waals surface area contributed by atoms with Crippen molar-refractivity contribution in [2.24, 2.45) is 5.92 Å². The third-order valence-corrected chi connectivity index (χ3v) is 2.73. The SMILES string of the molecule is CC(C)(C)OC(=O)N1CCC(C(=O)C(=O)O)CC1. The van der Waals surface area contributed by atoms with E-state index < -0.39 is 29.4 Å². The molecule has 18 heavy (non-hydrogen) atoms. The summed E-state index contributed by atoms with van der Waals surface area (Å²) in [5.41, 5.74) is -0.551. The molecule has 0 bridgehead atoms. The van der Waals surface area contributed by atoms with Gasteiger partial charge in [-0.15, -0.1) is 0 Å². The van der Waals surface area contributed by atoms with Crippen LogP contribution >= 0.6 is 0 Å². The number of rotatable bonds is 2. The summed E-state index contributed by atoms with van der Waals surface area (Å²) >= 11 is 0. The highest BCUT2D eigenvalue weighted by Crippen LogP contribution is 2.20. The number of carbonyl (C=O) groups excluding carboxylic acids is 2.